The summed E-state index contributed by atoms with van der Waals surface area (Å²) in [6, 6.07) is 10.1. The molecule has 0 atom stereocenters. The van der Waals surface area contributed by atoms with E-state index in [9.17, 15) is 14.9 Å². The van der Waals surface area contributed by atoms with Crippen LogP contribution in [0.1, 0.15) is 42.8 Å². The van der Waals surface area contributed by atoms with E-state index < -0.39 is 16.7 Å². The summed E-state index contributed by atoms with van der Waals surface area (Å²) in [6.07, 6.45) is 0. The molecule has 9 nitrogen and oxygen atoms in total. The van der Waals surface area contributed by atoms with Gasteiger partial charge in [-0.3, -0.25) is 14.9 Å². The average molecular weight is 370 g/mol. The molecule has 140 valence electrons. The van der Waals surface area contributed by atoms with Gasteiger partial charge in [-0.1, -0.05) is 32.9 Å². The summed E-state index contributed by atoms with van der Waals surface area (Å²) in [5, 5.41) is 21.0. The molecule has 0 saturated heterocycles. The van der Waals surface area contributed by atoms with Crippen LogP contribution in [0.15, 0.2) is 45.2 Å². The molecule has 0 spiro atoms. The maximum absolute atomic E-state index is 11.9. The molecule has 2 aromatic heterocycles. The summed E-state index contributed by atoms with van der Waals surface area (Å²) in [7, 11) is 0. The van der Waals surface area contributed by atoms with Gasteiger partial charge in [-0.25, -0.2) is 0 Å². The van der Waals surface area contributed by atoms with Crippen molar-refractivity contribution in [2.75, 3.05) is 0 Å². The van der Waals surface area contributed by atoms with Gasteiger partial charge in [0, 0.05) is 5.56 Å². The Morgan fingerprint density at radius 1 is 1.11 bits per heavy atom. The molecule has 0 unspecified atom stereocenters. The van der Waals surface area contributed by atoms with E-state index in [1.54, 1.807) is 0 Å². The van der Waals surface area contributed by atoms with Crippen molar-refractivity contribution < 1.29 is 18.6 Å². The predicted octanol–water partition coefficient (Wildman–Crippen LogP) is 3.47. The SMILES string of the molecule is CC(C)(C)c1ccc(-c2nnc(CNC(=O)c3ccc([N+](=O)[O-])o3)o2)cc1. The van der Waals surface area contributed by atoms with E-state index in [0.717, 1.165) is 11.6 Å². The first-order valence-corrected chi connectivity index (χ1v) is 8.20. The van der Waals surface area contributed by atoms with E-state index in [-0.39, 0.29) is 23.6 Å². The monoisotopic (exact) mass is 370 g/mol. The normalized spacial score (nSPS) is 11.4. The van der Waals surface area contributed by atoms with Crippen LogP contribution in [-0.2, 0) is 12.0 Å². The molecule has 9 heteroatoms. The van der Waals surface area contributed by atoms with E-state index in [1.165, 1.54) is 11.6 Å². The van der Waals surface area contributed by atoms with Crippen LogP contribution in [-0.4, -0.2) is 21.0 Å². The minimum Gasteiger partial charge on any atom is -0.419 e. The van der Waals surface area contributed by atoms with Gasteiger partial charge in [0.1, 0.15) is 4.92 Å². The molecule has 0 aliphatic heterocycles. The second kappa shape index (κ2) is 7.02. The van der Waals surface area contributed by atoms with Crippen LogP contribution in [0, 0.1) is 10.1 Å². The molecule has 1 amide bonds. The number of amides is 1. The van der Waals surface area contributed by atoms with Gasteiger partial charge in [-0.2, -0.15) is 0 Å². The Morgan fingerprint density at radius 3 is 2.41 bits per heavy atom. The highest BCUT2D eigenvalue weighted by atomic mass is 16.6. The summed E-state index contributed by atoms with van der Waals surface area (Å²) in [5.74, 6) is -0.733. The topological polar surface area (TPSA) is 124 Å². The average Bonchev–Trinajstić information content (AvgIpc) is 3.29. The fourth-order valence-corrected chi connectivity index (χ4v) is 2.35. The van der Waals surface area contributed by atoms with E-state index >= 15 is 0 Å². The van der Waals surface area contributed by atoms with Crippen LogP contribution in [0.3, 0.4) is 0 Å². The van der Waals surface area contributed by atoms with Gasteiger partial charge >= 0.3 is 5.88 Å². The van der Waals surface area contributed by atoms with Gasteiger partial charge in [0.25, 0.3) is 5.91 Å². The van der Waals surface area contributed by atoms with Gasteiger partial charge < -0.3 is 14.2 Å². The Kier molecular flexibility index (Phi) is 4.76. The third-order valence-electron chi connectivity index (χ3n) is 3.86. The van der Waals surface area contributed by atoms with Crippen LogP contribution in [0.4, 0.5) is 5.88 Å². The molecular formula is C18H18N4O5. The van der Waals surface area contributed by atoms with Crippen LogP contribution in [0.5, 0.6) is 0 Å². The van der Waals surface area contributed by atoms with Crippen molar-refractivity contribution in [1.29, 1.82) is 0 Å². The number of hydrogen-bond donors (Lipinski definition) is 1. The molecule has 27 heavy (non-hydrogen) atoms. The number of nitrogens with zero attached hydrogens (tertiary/aromatic N) is 3. The van der Waals surface area contributed by atoms with Gasteiger partial charge in [0.05, 0.1) is 12.6 Å². The maximum Gasteiger partial charge on any atom is 0.433 e. The van der Waals surface area contributed by atoms with Crippen molar-refractivity contribution in [2.24, 2.45) is 0 Å². The van der Waals surface area contributed by atoms with Crippen molar-refractivity contribution >= 4 is 11.8 Å². The quantitative estimate of drug-likeness (QED) is 0.538. The molecule has 0 radical (unpaired) electrons. The maximum atomic E-state index is 11.9. The van der Waals surface area contributed by atoms with Crippen molar-refractivity contribution in [3.63, 3.8) is 0 Å². The van der Waals surface area contributed by atoms with Crippen molar-refractivity contribution in [2.45, 2.75) is 32.7 Å². The zero-order valence-electron chi connectivity index (χ0n) is 15.1. The predicted molar refractivity (Wildman–Crippen MR) is 95.0 cm³/mol. The molecule has 0 aliphatic carbocycles. The minimum atomic E-state index is -0.716. The number of carbonyl (C=O) groups is 1. The highest BCUT2D eigenvalue weighted by Gasteiger charge is 2.18. The van der Waals surface area contributed by atoms with E-state index in [2.05, 4.69) is 36.3 Å². The van der Waals surface area contributed by atoms with Crippen LogP contribution >= 0.6 is 0 Å². The summed E-state index contributed by atoms with van der Waals surface area (Å²) in [5.41, 5.74) is 2.00. The van der Waals surface area contributed by atoms with Crippen molar-refractivity contribution in [3.8, 4) is 11.5 Å². The number of carbonyl (C=O) groups excluding carboxylic acids is 1. The lowest BCUT2D eigenvalue weighted by Gasteiger charge is -2.18. The van der Waals surface area contributed by atoms with Gasteiger partial charge in [0.2, 0.25) is 11.8 Å². The highest BCUT2D eigenvalue weighted by molar-refractivity contribution is 5.91. The lowest BCUT2D eigenvalue weighted by molar-refractivity contribution is -0.402. The summed E-state index contributed by atoms with van der Waals surface area (Å²) in [6.45, 7) is 6.36. The number of hydrogen-bond acceptors (Lipinski definition) is 7. The first-order valence-electron chi connectivity index (χ1n) is 8.20. The first kappa shape index (κ1) is 18.3. The standard InChI is InChI=1S/C18H18N4O5/c1-18(2,3)12-6-4-11(5-7-12)17-21-20-14(27-17)10-19-16(23)13-8-9-15(26-13)22(24)25/h4-9H,10H2,1-3H3,(H,19,23). The molecule has 0 bridgehead atoms. The summed E-state index contributed by atoms with van der Waals surface area (Å²) >= 11 is 0. The number of furan rings is 1. The lowest BCUT2D eigenvalue weighted by atomic mass is 9.87. The Labute approximate surface area is 154 Å². The van der Waals surface area contributed by atoms with Crippen LogP contribution in [0.2, 0.25) is 0 Å². The molecule has 0 saturated carbocycles. The molecule has 3 aromatic rings. The van der Waals surface area contributed by atoms with Gasteiger partial charge in [0.15, 0.2) is 5.76 Å². The third-order valence-corrected chi connectivity index (χ3v) is 3.86. The number of nitro groups is 1. The number of nitrogens with one attached hydrogen (secondary N) is 1. The van der Waals surface area contributed by atoms with Crippen molar-refractivity contribution in [3.05, 3.63) is 63.7 Å². The number of rotatable bonds is 5. The molecule has 1 aromatic carbocycles. The zero-order valence-corrected chi connectivity index (χ0v) is 15.1. The zero-order chi connectivity index (χ0) is 19.6. The highest BCUT2D eigenvalue weighted by Crippen LogP contribution is 2.25. The third kappa shape index (κ3) is 4.20. The van der Waals surface area contributed by atoms with Crippen LogP contribution < -0.4 is 5.32 Å². The van der Waals surface area contributed by atoms with Gasteiger partial charge in [-0.05, 0) is 29.2 Å². The summed E-state index contributed by atoms with van der Waals surface area (Å²) in [4.78, 5) is 21.8. The number of aromatic nitrogens is 2. The molecule has 3 rings (SSSR count). The molecule has 1 N–H and O–H groups in total. The van der Waals surface area contributed by atoms with E-state index in [4.69, 9.17) is 8.83 Å². The van der Waals surface area contributed by atoms with Crippen LogP contribution in [0.25, 0.3) is 11.5 Å². The largest absolute Gasteiger partial charge is 0.433 e. The van der Waals surface area contributed by atoms with E-state index in [0.29, 0.717) is 5.89 Å². The minimum absolute atomic E-state index is 0.0274. The Balaban J connectivity index is 1.64. The molecule has 0 fully saturated rings. The Morgan fingerprint density at radius 2 is 1.81 bits per heavy atom. The number of benzene rings is 1. The fourth-order valence-electron chi connectivity index (χ4n) is 2.35. The Bertz CT molecular complexity index is 966. The summed E-state index contributed by atoms with van der Waals surface area (Å²) < 4.78 is 10.4. The molecular weight excluding hydrogens is 352 g/mol. The lowest BCUT2D eigenvalue weighted by Crippen LogP contribution is -2.22. The Hall–Kier alpha value is -3.49. The second-order valence-electron chi connectivity index (χ2n) is 6.91. The molecule has 2 heterocycles. The van der Waals surface area contributed by atoms with Gasteiger partial charge in [-0.15, -0.1) is 10.2 Å². The molecule has 0 aliphatic rings. The fraction of sp³-hybridized carbons (Fsp3) is 0.278. The smallest absolute Gasteiger partial charge is 0.419 e. The van der Waals surface area contributed by atoms with E-state index in [1.807, 2.05) is 24.3 Å². The second-order valence-corrected chi connectivity index (χ2v) is 6.91. The van der Waals surface area contributed by atoms with Crippen molar-refractivity contribution in [1.82, 2.24) is 15.5 Å². The first-order chi connectivity index (χ1) is 12.7.